The molecule has 6 heteroatoms. The number of hydrogen-bond acceptors (Lipinski definition) is 5. The van der Waals surface area contributed by atoms with Crippen LogP contribution in [0.4, 0.5) is 5.69 Å². The van der Waals surface area contributed by atoms with E-state index in [4.69, 9.17) is 10.5 Å². The Morgan fingerprint density at radius 1 is 1.35 bits per heavy atom. The third kappa shape index (κ3) is 5.36. The molecule has 0 unspecified atom stereocenters. The highest BCUT2D eigenvalue weighted by Crippen LogP contribution is 2.14. The van der Waals surface area contributed by atoms with Crippen molar-refractivity contribution >= 4 is 11.7 Å². The molecular formula is C14H20N2O4. The number of aryl methyl sites for hydroxylation is 1. The van der Waals surface area contributed by atoms with Gasteiger partial charge in [0.1, 0.15) is 11.6 Å². The Morgan fingerprint density at radius 3 is 2.35 bits per heavy atom. The maximum absolute atomic E-state index is 11.7. The monoisotopic (exact) mass is 280 g/mol. The molecule has 0 aromatic heterocycles. The zero-order valence-corrected chi connectivity index (χ0v) is 12.0. The maximum atomic E-state index is 11.7. The molecule has 0 fully saturated rings. The minimum atomic E-state index is -0.690. The lowest BCUT2D eigenvalue weighted by Gasteiger charge is -2.22. The lowest BCUT2D eigenvalue weighted by molar-refractivity contribution is -0.384. The summed E-state index contributed by atoms with van der Waals surface area (Å²) >= 11 is 0. The molecule has 1 aromatic carbocycles. The number of carbonyl (C=O) groups is 1. The second-order valence-corrected chi connectivity index (χ2v) is 5.60. The molecule has 0 saturated carbocycles. The topological polar surface area (TPSA) is 95.5 Å². The quantitative estimate of drug-likeness (QED) is 0.506. The van der Waals surface area contributed by atoms with E-state index in [9.17, 15) is 14.9 Å². The van der Waals surface area contributed by atoms with E-state index in [1.165, 1.54) is 12.1 Å². The number of benzene rings is 1. The highest BCUT2D eigenvalue weighted by molar-refractivity contribution is 5.75. The molecule has 0 heterocycles. The molecule has 0 radical (unpaired) electrons. The van der Waals surface area contributed by atoms with E-state index >= 15 is 0 Å². The van der Waals surface area contributed by atoms with Crippen LogP contribution in [0.25, 0.3) is 0 Å². The zero-order valence-electron chi connectivity index (χ0n) is 12.0. The number of carbonyl (C=O) groups excluding carboxylic acids is 1. The zero-order chi connectivity index (χ0) is 15.3. The van der Waals surface area contributed by atoms with E-state index in [0.29, 0.717) is 12.8 Å². The minimum Gasteiger partial charge on any atom is -0.459 e. The van der Waals surface area contributed by atoms with Crippen LogP contribution in [0.5, 0.6) is 0 Å². The Morgan fingerprint density at radius 2 is 1.90 bits per heavy atom. The van der Waals surface area contributed by atoms with Gasteiger partial charge >= 0.3 is 5.97 Å². The van der Waals surface area contributed by atoms with Gasteiger partial charge in [-0.15, -0.1) is 0 Å². The number of nitro benzene ring substituents is 1. The summed E-state index contributed by atoms with van der Waals surface area (Å²) in [6.45, 7) is 5.36. The minimum absolute atomic E-state index is 0.0465. The number of nitro groups is 1. The molecule has 1 aromatic rings. The summed E-state index contributed by atoms with van der Waals surface area (Å²) in [5.74, 6) is -0.431. The van der Waals surface area contributed by atoms with Crippen LogP contribution >= 0.6 is 0 Å². The summed E-state index contributed by atoms with van der Waals surface area (Å²) in [7, 11) is 0. The van der Waals surface area contributed by atoms with Crippen LogP contribution in [-0.2, 0) is 16.0 Å². The van der Waals surface area contributed by atoms with Gasteiger partial charge in [-0.2, -0.15) is 0 Å². The van der Waals surface area contributed by atoms with Gasteiger partial charge in [0.2, 0.25) is 0 Å². The maximum Gasteiger partial charge on any atom is 0.323 e. The number of non-ortho nitro benzene ring substituents is 1. The van der Waals surface area contributed by atoms with Crippen molar-refractivity contribution in [2.45, 2.75) is 45.3 Å². The smallest absolute Gasteiger partial charge is 0.323 e. The molecule has 0 aliphatic carbocycles. The van der Waals surface area contributed by atoms with Crippen LogP contribution in [0.15, 0.2) is 24.3 Å². The lowest BCUT2D eigenvalue weighted by atomic mass is 10.1. The molecule has 0 spiro atoms. The van der Waals surface area contributed by atoms with Crippen LogP contribution in [0, 0.1) is 10.1 Å². The third-order valence-electron chi connectivity index (χ3n) is 2.60. The summed E-state index contributed by atoms with van der Waals surface area (Å²) in [4.78, 5) is 21.8. The van der Waals surface area contributed by atoms with E-state index in [1.54, 1.807) is 32.9 Å². The number of rotatable bonds is 5. The van der Waals surface area contributed by atoms with E-state index in [2.05, 4.69) is 0 Å². The Labute approximate surface area is 118 Å². The van der Waals surface area contributed by atoms with Gasteiger partial charge in [-0.1, -0.05) is 12.1 Å². The van der Waals surface area contributed by atoms with E-state index < -0.39 is 22.5 Å². The lowest BCUT2D eigenvalue weighted by Crippen LogP contribution is -2.37. The van der Waals surface area contributed by atoms with Crippen LogP contribution < -0.4 is 5.73 Å². The summed E-state index contributed by atoms with van der Waals surface area (Å²) in [5.41, 5.74) is 6.16. The SMILES string of the molecule is CC(C)(C)OC(=O)[C@@H](N)CCc1ccc([N+](=O)[O-])cc1. The van der Waals surface area contributed by atoms with Crippen molar-refractivity contribution in [2.24, 2.45) is 5.73 Å². The van der Waals surface area contributed by atoms with Crippen molar-refractivity contribution < 1.29 is 14.5 Å². The second-order valence-electron chi connectivity index (χ2n) is 5.60. The number of ether oxygens (including phenoxy) is 1. The molecule has 20 heavy (non-hydrogen) atoms. The molecule has 0 aliphatic rings. The van der Waals surface area contributed by atoms with Crippen molar-refractivity contribution in [3.05, 3.63) is 39.9 Å². The van der Waals surface area contributed by atoms with Gasteiger partial charge < -0.3 is 10.5 Å². The fourth-order valence-electron chi connectivity index (χ4n) is 1.60. The van der Waals surface area contributed by atoms with Gasteiger partial charge in [-0.25, -0.2) is 0 Å². The number of nitrogens with zero attached hydrogens (tertiary/aromatic N) is 1. The van der Waals surface area contributed by atoms with Gasteiger partial charge in [-0.05, 0) is 39.2 Å². The summed E-state index contributed by atoms with van der Waals surface area (Å²) in [6, 6.07) is 5.52. The van der Waals surface area contributed by atoms with Crippen LogP contribution in [-0.4, -0.2) is 22.5 Å². The Bertz CT molecular complexity index is 477. The highest BCUT2D eigenvalue weighted by atomic mass is 16.6. The first-order valence-corrected chi connectivity index (χ1v) is 6.41. The Kier molecular flexibility index (Phi) is 5.21. The predicted octanol–water partition coefficient (Wildman–Crippen LogP) is 2.20. The molecule has 0 saturated heterocycles. The number of hydrogen-bond donors (Lipinski definition) is 1. The van der Waals surface area contributed by atoms with Gasteiger partial charge in [0.15, 0.2) is 0 Å². The van der Waals surface area contributed by atoms with E-state index in [-0.39, 0.29) is 5.69 Å². The van der Waals surface area contributed by atoms with Gasteiger partial charge in [-0.3, -0.25) is 14.9 Å². The summed E-state index contributed by atoms with van der Waals surface area (Å²) in [5, 5.41) is 10.5. The largest absolute Gasteiger partial charge is 0.459 e. The molecule has 0 amide bonds. The van der Waals surface area contributed by atoms with E-state index in [0.717, 1.165) is 5.56 Å². The molecule has 1 rings (SSSR count). The normalized spacial score (nSPS) is 12.8. The first kappa shape index (κ1) is 16.1. The molecule has 110 valence electrons. The van der Waals surface area contributed by atoms with Crippen molar-refractivity contribution in [3.63, 3.8) is 0 Å². The van der Waals surface area contributed by atoms with Crippen LogP contribution in [0.3, 0.4) is 0 Å². The summed E-state index contributed by atoms with van der Waals surface area (Å²) in [6.07, 6.45) is 1.01. The van der Waals surface area contributed by atoms with Gasteiger partial charge in [0.25, 0.3) is 5.69 Å². The average molecular weight is 280 g/mol. The standard InChI is InChI=1S/C14H20N2O4/c1-14(2,3)20-13(17)12(15)9-6-10-4-7-11(8-5-10)16(18)19/h4-5,7-8,12H,6,9,15H2,1-3H3/t12-/m0/s1. The molecule has 0 bridgehead atoms. The molecule has 1 atom stereocenters. The number of esters is 1. The molecule has 0 aliphatic heterocycles. The van der Waals surface area contributed by atoms with Crippen molar-refractivity contribution in [2.75, 3.05) is 0 Å². The second kappa shape index (κ2) is 6.47. The van der Waals surface area contributed by atoms with Crippen molar-refractivity contribution in [1.82, 2.24) is 0 Å². The summed E-state index contributed by atoms with van der Waals surface area (Å²) < 4.78 is 5.19. The van der Waals surface area contributed by atoms with E-state index in [1.807, 2.05) is 0 Å². The molecular weight excluding hydrogens is 260 g/mol. The van der Waals surface area contributed by atoms with Crippen molar-refractivity contribution in [3.8, 4) is 0 Å². The number of nitrogens with two attached hydrogens (primary N) is 1. The van der Waals surface area contributed by atoms with Crippen molar-refractivity contribution in [1.29, 1.82) is 0 Å². The highest BCUT2D eigenvalue weighted by Gasteiger charge is 2.21. The fourth-order valence-corrected chi connectivity index (χ4v) is 1.60. The van der Waals surface area contributed by atoms with Gasteiger partial charge in [0, 0.05) is 12.1 Å². The molecule has 6 nitrogen and oxygen atoms in total. The van der Waals surface area contributed by atoms with Crippen LogP contribution in [0.1, 0.15) is 32.8 Å². The molecule has 2 N–H and O–H groups in total. The third-order valence-corrected chi connectivity index (χ3v) is 2.60. The first-order valence-electron chi connectivity index (χ1n) is 6.41. The Balaban J connectivity index is 2.50. The van der Waals surface area contributed by atoms with Crippen LogP contribution in [0.2, 0.25) is 0 Å². The fraction of sp³-hybridized carbons (Fsp3) is 0.500. The Hall–Kier alpha value is -1.95. The predicted molar refractivity (Wildman–Crippen MR) is 75.2 cm³/mol. The average Bonchev–Trinajstić information content (AvgIpc) is 2.34. The van der Waals surface area contributed by atoms with Gasteiger partial charge in [0.05, 0.1) is 4.92 Å². The first-order chi connectivity index (χ1) is 9.19.